The Morgan fingerprint density at radius 2 is 2.04 bits per heavy atom. The molecule has 128 valence electrons. The lowest BCUT2D eigenvalue weighted by molar-refractivity contribution is -0.138. The van der Waals surface area contributed by atoms with Gasteiger partial charge < -0.3 is 5.32 Å². The zero-order valence-corrected chi connectivity index (χ0v) is 14.7. The molecule has 0 saturated heterocycles. The summed E-state index contributed by atoms with van der Waals surface area (Å²) >= 11 is 4.25. The first-order valence-electron chi connectivity index (χ1n) is 7.23. The number of halogens is 4. The summed E-state index contributed by atoms with van der Waals surface area (Å²) < 4.78 is 38.5. The first kappa shape index (κ1) is 17.2. The van der Waals surface area contributed by atoms with Crippen LogP contribution < -0.4 is 10.6 Å². The van der Waals surface area contributed by atoms with Crippen LogP contribution in [0.2, 0.25) is 0 Å². The van der Waals surface area contributed by atoms with Gasteiger partial charge in [0.2, 0.25) is 0 Å². The number of thiazole rings is 1. The number of amides is 2. The van der Waals surface area contributed by atoms with Gasteiger partial charge in [-0.15, -0.1) is 11.3 Å². The largest absolute Gasteiger partial charge is 0.417 e. The quantitative estimate of drug-likeness (QED) is 0.656. The van der Waals surface area contributed by atoms with Gasteiger partial charge >= 0.3 is 12.2 Å². The van der Waals surface area contributed by atoms with E-state index in [0.29, 0.717) is 11.0 Å². The number of carbonyl (C=O) groups is 1. The van der Waals surface area contributed by atoms with Crippen molar-refractivity contribution in [3.05, 3.63) is 39.3 Å². The van der Waals surface area contributed by atoms with Gasteiger partial charge in [-0.25, -0.2) is 9.78 Å². The Kier molecular flexibility index (Phi) is 4.82. The van der Waals surface area contributed by atoms with Gasteiger partial charge in [-0.05, 0) is 37.0 Å². The molecule has 1 aliphatic rings. The second-order valence-electron chi connectivity index (χ2n) is 5.47. The zero-order valence-electron chi connectivity index (χ0n) is 12.3. The van der Waals surface area contributed by atoms with Gasteiger partial charge in [-0.1, -0.05) is 22.4 Å². The Balaban J connectivity index is 1.65. The lowest BCUT2D eigenvalue weighted by atomic mass is 9.85. The minimum absolute atomic E-state index is 0.0544. The van der Waals surface area contributed by atoms with Gasteiger partial charge in [0.25, 0.3) is 0 Å². The van der Waals surface area contributed by atoms with Crippen LogP contribution in [-0.2, 0) is 6.18 Å². The van der Waals surface area contributed by atoms with E-state index in [1.807, 2.05) is 0 Å². The highest BCUT2D eigenvalue weighted by Gasteiger charge is 2.33. The maximum absolute atomic E-state index is 12.9. The van der Waals surface area contributed by atoms with E-state index in [9.17, 15) is 18.0 Å². The molecule has 2 N–H and O–H groups in total. The summed E-state index contributed by atoms with van der Waals surface area (Å²) in [4.78, 5) is 17.2. The van der Waals surface area contributed by atoms with Crippen molar-refractivity contribution in [2.75, 3.05) is 10.6 Å². The van der Waals surface area contributed by atoms with Crippen molar-refractivity contribution < 1.29 is 18.0 Å². The molecule has 0 spiro atoms. The number of benzene rings is 1. The van der Waals surface area contributed by atoms with E-state index in [1.54, 1.807) is 6.20 Å². The van der Waals surface area contributed by atoms with Crippen molar-refractivity contribution in [1.82, 2.24) is 4.98 Å². The fraction of sp³-hybridized carbons (Fsp3) is 0.333. The van der Waals surface area contributed by atoms with Gasteiger partial charge in [-0.2, -0.15) is 13.2 Å². The predicted octanol–water partition coefficient (Wildman–Crippen LogP) is 5.84. The average molecular weight is 420 g/mol. The molecular weight excluding hydrogens is 407 g/mol. The van der Waals surface area contributed by atoms with Crippen LogP contribution in [0.3, 0.4) is 0 Å². The summed E-state index contributed by atoms with van der Waals surface area (Å²) in [7, 11) is 0. The van der Waals surface area contributed by atoms with Crippen LogP contribution in [0.5, 0.6) is 0 Å². The first-order chi connectivity index (χ1) is 11.3. The van der Waals surface area contributed by atoms with Crippen LogP contribution in [0.25, 0.3) is 0 Å². The molecular formula is C15H13BrF3N3OS. The van der Waals surface area contributed by atoms with Crippen molar-refractivity contribution in [1.29, 1.82) is 0 Å². The summed E-state index contributed by atoms with van der Waals surface area (Å²) in [5.74, 6) is 0.516. The van der Waals surface area contributed by atoms with Gasteiger partial charge in [0, 0.05) is 21.2 Å². The Bertz CT molecular complexity index is 759. The van der Waals surface area contributed by atoms with E-state index in [4.69, 9.17) is 0 Å². The molecule has 1 aromatic carbocycles. The lowest BCUT2D eigenvalue weighted by Crippen LogP contribution is -2.19. The standard InChI is InChI=1S/C15H13BrF3N3OS/c16-11-5-4-9(6-10(11)15(17,18)19)21-13(23)22-14-20-7-12(24-14)8-2-1-3-8/h4-8H,1-3H2,(H2,20,21,22,23). The SMILES string of the molecule is O=C(Nc1ccc(Br)c(C(F)(F)F)c1)Nc1ncc(C2CCC2)s1. The molecule has 1 heterocycles. The van der Waals surface area contributed by atoms with E-state index in [0.717, 1.165) is 23.8 Å². The molecule has 1 fully saturated rings. The van der Waals surface area contributed by atoms with Gasteiger partial charge in [0.05, 0.1) is 5.56 Å². The summed E-state index contributed by atoms with van der Waals surface area (Å²) in [6.45, 7) is 0. The fourth-order valence-corrected chi connectivity index (χ4v) is 3.76. The van der Waals surface area contributed by atoms with Crippen molar-refractivity contribution in [3.8, 4) is 0 Å². The fourth-order valence-electron chi connectivity index (χ4n) is 2.31. The van der Waals surface area contributed by atoms with Crippen LogP contribution in [0, 0.1) is 0 Å². The van der Waals surface area contributed by atoms with Crippen LogP contribution in [-0.4, -0.2) is 11.0 Å². The molecule has 0 radical (unpaired) electrons. The molecule has 0 bridgehead atoms. The van der Waals surface area contributed by atoms with Crippen LogP contribution in [0.1, 0.15) is 35.6 Å². The van der Waals surface area contributed by atoms with Crippen molar-refractivity contribution in [2.45, 2.75) is 31.4 Å². The smallest absolute Gasteiger partial charge is 0.308 e. The number of hydrogen-bond donors (Lipinski definition) is 2. The molecule has 24 heavy (non-hydrogen) atoms. The highest BCUT2D eigenvalue weighted by Crippen LogP contribution is 2.40. The van der Waals surface area contributed by atoms with E-state index >= 15 is 0 Å². The van der Waals surface area contributed by atoms with Crippen LogP contribution in [0.4, 0.5) is 28.8 Å². The minimum atomic E-state index is -4.50. The third-order valence-corrected chi connectivity index (χ3v) is 5.55. The zero-order chi connectivity index (χ0) is 17.3. The number of carbonyl (C=O) groups excluding carboxylic acids is 1. The highest BCUT2D eigenvalue weighted by atomic mass is 79.9. The molecule has 4 nitrogen and oxygen atoms in total. The van der Waals surface area contributed by atoms with E-state index in [2.05, 4.69) is 31.5 Å². The van der Waals surface area contributed by atoms with Crippen LogP contribution >= 0.6 is 27.3 Å². The molecule has 3 rings (SSSR count). The minimum Gasteiger partial charge on any atom is -0.308 e. The number of alkyl halides is 3. The Morgan fingerprint density at radius 1 is 1.29 bits per heavy atom. The molecule has 9 heteroatoms. The van der Waals surface area contributed by atoms with E-state index in [1.165, 1.54) is 29.9 Å². The monoisotopic (exact) mass is 419 g/mol. The Labute approximate surface area is 148 Å². The Hall–Kier alpha value is -1.61. The number of hydrogen-bond acceptors (Lipinski definition) is 3. The average Bonchev–Trinajstić information content (AvgIpc) is 2.85. The second kappa shape index (κ2) is 6.72. The first-order valence-corrected chi connectivity index (χ1v) is 8.84. The number of rotatable bonds is 3. The van der Waals surface area contributed by atoms with E-state index < -0.39 is 17.8 Å². The molecule has 0 atom stereocenters. The lowest BCUT2D eigenvalue weighted by Gasteiger charge is -2.23. The summed E-state index contributed by atoms with van der Waals surface area (Å²) in [6, 6.07) is 2.89. The highest BCUT2D eigenvalue weighted by molar-refractivity contribution is 9.10. The van der Waals surface area contributed by atoms with E-state index in [-0.39, 0.29) is 10.2 Å². The summed E-state index contributed by atoms with van der Waals surface area (Å²) in [5.41, 5.74) is -0.791. The second-order valence-corrected chi connectivity index (χ2v) is 7.38. The van der Waals surface area contributed by atoms with Gasteiger partial charge in [0.15, 0.2) is 5.13 Å². The number of aromatic nitrogens is 1. The molecule has 0 aliphatic heterocycles. The normalized spacial score (nSPS) is 15.0. The van der Waals surface area contributed by atoms with Crippen molar-refractivity contribution >= 4 is 44.1 Å². The third kappa shape index (κ3) is 3.89. The summed E-state index contributed by atoms with van der Waals surface area (Å²) in [6.07, 6.45) is 0.711. The van der Waals surface area contributed by atoms with Gasteiger partial charge in [0.1, 0.15) is 0 Å². The van der Waals surface area contributed by atoms with Crippen LogP contribution in [0.15, 0.2) is 28.9 Å². The molecule has 2 aromatic rings. The summed E-state index contributed by atoms with van der Waals surface area (Å²) in [5, 5.41) is 5.38. The topological polar surface area (TPSA) is 54.0 Å². The molecule has 1 aliphatic carbocycles. The van der Waals surface area contributed by atoms with Crippen molar-refractivity contribution in [2.24, 2.45) is 0 Å². The van der Waals surface area contributed by atoms with Crippen molar-refractivity contribution in [3.63, 3.8) is 0 Å². The van der Waals surface area contributed by atoms with Gasteiger partial charge in [-0.3, -0.25) is 5.32 Å². The molecule has 1 saturated carbocycles. The number of nitrogens with zero attached hydrogens (tertiary/aromatic N) is 1. The number of nitrogens with one attached hydrogen (secondary N) is 2. The maximum Gasteiger partial charge on any atom is 0.417 e. The predicted molar refractivity (Wildman–Crippen MR) is 90.5 cm³/mol. The molecule has 2 amide bonds. The Morgan fingerprint density at radius 3 is 2.67 bits per heavy atom. The number of anilines is 2. The third-order valence-electron chi connectivity index (χ3n) is 3.78. The maximum atomic E-state index is 12.9. The molecule has 0 unspecified atom stereocenters. The number of urea groups is 1. The molecule has 1 aromatic heterocycles.